The second kappa shape index (κ2) is 11.4. The van der Waals surface area contributed by atoms with Crippen LogP contribution in [0.1, 0.15) is 62.5 Å². The lowest BCUT2D eigenvalue weighted by atomic mass is 9.75. The summed E-state index contributed by atoms with van der Waals surface area (Å²) >= 11 is 0. The molecule has 4 rings (SSSR count). The van der Waals surface area contributed by atoms with Crippen molar-refractivity contribution >= 4 is 18.0 Å². The molecule has 0 saturated heterocycles. The fourth-order valence-electron chi connectivity index (χ4n) is 5.10. The van der Waals surface area contributed by atoms with Crippen LogP contribution in [0.3, 0.4) is 0 Å². The van der Waals surface area contributed by atoms with Crippen LogP contribution in [0.4, 0.5) is 4.79 Å². The van der Waals surface area contributed by atoms with Gasteiger partial charge in [0, 0.05) is 12.5 Å². The van der Waals surface area contributed by atoms with Crippen LogP contribution in [-0.2, 0) is 14.3 Å². The molecule has 7 heteroatoms. The summed E-state index contributed by atoms with van der Waals surface area (Å²) in [6, 6.07) is 15.4. The smallest absolute Gasteiger partial charge is 0.407 e. The maximum atomic E-state index is 12.9. The highest BCUT2D eigenvalue weighted by atomic mass is 16.5. The van der Waals surface area contributed by atoms with Gasteiger partial charge in [-0.2, -0.15) is 0 Å². The summed E-state index contributed by atoms with van der Waals surface area (Å²) in [5, 5.41) is 14.9. The number of alkyl carbamates (subject to hydrolysis) is 1. The van der Waals surface area contributed by atoms with Crippen LogP contribution in [0.25, 0.3) is 11.1 Å². The molecule has 2 atom stereocenters. The molecule has 2 aliphatic rings. The van der Waals surface area contributed by atoms with Crippen molar-refractivity contribution < 1.29 is 24.2 Å². The molecular weight excluding hydrogens is 444 g/mol. The van der Waals surface area contributed by atoms with Crippen molar-refractivity contribution in [3.05, 3.63) is 59.7 Å². The minimum absolute atomic E-state index is 0.0335. The molecule has 2 aromatic carbocycles. The van der Waals surface area contributed by atoms with Crippen LogP contribution in [0.2, 0.25) is 0 Å². The third-order valence-corrected chi connectivity index (χ3v) is 7.33. The van der Waals surface area contributed by atoms with E-state index >= 15 is 0 Å². The number of hydrogen-bond donors (Lipinski definition) is 3. The number of benzene rings is 2. The summed E-state index contributed by atoms with van der Waals surface area (Å²) in [7, 11) is 0. The number of carboxylic acid groups (broad SMARTS) is 1. The van der Waals surface area contributed by atoms with Gasteiger partial charge in [-0.15, -0.1) is 0 Å². The molecule has 35 heavy (non-hydrogen) atoms. The first-order valence-corrected chi connectivity index (χ1v) is 12.6. The molecule has 0 heterocycles. The van der Waals surface area contributed by atoms with E-state index in [0.717, 1.165) is 54.4 Å². The molecule has 0 spiro atoms. The summed E-state index contributed by atoms with van der Waals surface area (Å²) in [5.41, 5.74) is 4.60. The molecule has 0 bridgehead atoms. The highest BCUT2D eigenvalue weighted by Gasteiger charge is 2.35. The van der Waals surface area contributed by atoms with E-state index in [2.05, 4.69) is 34.9 Å². The Morgan fingerprint density at radius 3 is 2.20 bits per heavy atom. The Bertz CT molecular complexity index is 1020. The zero-order chi connectivity index (χ0) is 24.8. The number of hydrogen-bond acceptors (Lipinski definition) is 4. The molecule has 186 valence electrons. The molecule has 2 aliphatic carbocycles. The Labute approximate surface area is 206 Å². The Balaban J connectivity index is 1.34. The molecule has 1 saturated carbocycles. The van der Waals surface area contributed by atoms with Crippen LogP contribution in [-0.4, -0.2) is 42.3 Å². The lowest BCUT2D eigenvalue weighted by molar-refractivity contribution is -0.143. The summed E-state index contributed by atoms with van der Waals surface area (Å²) in [6.45, 7) is 2.32. The van der Waals surface area contributed by atoms with Crippen molar-refractivity contribution in [1.82, 2.24) is 10.6 Å². The summed E-state index contributed by atoms with van der Waals surface area (Å²) < 4.78 is 5.60. The number of ether oxygens (including phenoxy) is 1. The largest absolute Gasteiger partial charge is 0.480 e. The molecule has 0 aromatic heterocycles. The Kier molecular flexibility index (Phi) is 8.06. The zero-order valence-corrected chi connectivity index (χ0v) is 20.2. The second-order valence-corrected chi connectivity index (χ2v) is 9.55. The van der Waals surface area contributed by atoms with Gasteiger partial charge in [0.15, 0.2) is 0 Å². The Morgan fingerprint density at radius 2 is 1.66 bits per heavy atom. The van der Waals surface area contributed by atoms with Crippen LogP contribution < -0.4 is 10.6 Å². The first-order chi connectivity index (χ1) is 17.0. The first-order valence-electron chi connectivity index (χ1n) is 12.6. The summed E-state index contributed by atoms with van der Waals surface area (Å²) in [6.07, 6.45) is 4.25. The number of nitrogens with one attached hydrogen (secondary N) is 2. The number of unbranched alkanes of at least 4 members (excludes halogenated alkanes) is 1. The monoisotopic (exact) mass is 478 g/mol. The number of rotatable bonds is 11. The van der Waals surface area contributed by atoms with Crippen LogP contribution in [0, 0.1) is 11.8 Å². The van der Waals surface area contributed by atoms with Gasteiger partial charge in [0.1, 0.15) is 12.6 Å². The standard InChI is InChI=1S/C28H34N2O5/c1-2-3-15-25(27(32)33)30-26(31)23(18-9-8-10-18)16-29-28(34)35-17-24-21-13-6-4-11-19(21)20-12-5-7-14-22(20)24/h4-7,11-14,18,23-25H,2-3,8-10,15-17H2,1H3,(H,29,34)(H,30,31)(H,32,33). The van der Waals surface area contributed by atoms with Gasteiger partial charge < -0.3 is 20.5 Å². The average Bonchev–Trinajstić information content (AvgIpc) is 3.15. The van der Waals surface area contributed by atoms with Crippen molar-refractivity contribution in [2.45, 2.75) is 57.4 Å². The molecule has 2 amide bonds. The van der Waals surface area contributed by atoms with E-state index in [-0.39, 0.29) is 30.9 Å². The van der Waals surface area contributed by atoms with Gasteiger partial charge in [-0.1, -0.05) is 74.7 Å². The molecule has 0 radical (unpaired) electrons. The second-order valence-electron chi connectivity index (χ2n) is 9.55. The van der Waals surface area contributed by atoms with Crippen molar-refractivity contribution in [2.75, 3.05) is 13.2 Å². The maximum absolute atomic E-state index is 12.9. The van der Waals surface area contributed by atoms with E-state index in [1.807, 2.05) is 31.2 Å². The fraction of sp³-hybridized carbons (Fsp3) is 0.464. The van der Waals surface area contributed by atoms with Gasteiger partial charge in [-0.3, -0.25) is 4.79 Å². The van der Waals surface area contributed by atoms with Crippen molar-refractivity contribution in [3.8, 4) is 11.1 Å². The van der Waals surface area contributed by atoms with Crippen molar-refractivity contribution in [2.24, 2.45) is 11.8 Å². The highest BCUT2D eigenvalue weighted by molar-refractivity contribution is 5.85. The first kappa shape index (κ1) is 24.8. The van der Waals surface area contributed by atoms with Gasteiger partial charge in [-0.05, 0) is 47.4 Å². The van der Waals surface area contributed by atoms with Gasteiger partial charge in [0.05, 0.1) is 5.92 Å². The molecule has 2 unspecified atom stereocenters. The number of carbonyl (C=O) groups is 3. The van der Waals surface area contributed by atoms with E-state index in [4.69, 9.17) is 4.74 Å². The third kappa shape index (κ3) is 5.66. The predicted molar refractivity (Wildman–Crippen MR) is 133 cm³/mol. The summed E-state index contributed by atoms with van der Waals surface area (Å²) in [4.78, 5) is 37.1. The highest BCUT2D eigenvalue weighted by Crippen LogP contribution is 2.44. The normalized spacial score (nSPS) is 16.4. The molecule has 0 aliphatic heterocycles. The van der Waals surface area contributed by atoms with Gasteiger partial charge in [0.25, 0.3) is 0 Å². The Hall–Kier alpha value is -3.35. The lowest BCUT2D eigenvalue weighted by Gasteiger charge is -2.33. The topological polar surface area (TPSA) is 105 Å². The van der Waals surface area contributed by atoms with Crippen LogP contribution in [0.15, 0.2) is 48.5 Å². The van der Waals surface area contributed by atoms with Gasteiger partial charge in [-0.25, -0.2) is 9.59 Å². The lowest BCUT2D eigenvalue weighted by Crippen LogP contribution is -2.49. The molecule has 3 N–H and O–H groups in total. The molecular formula is C28H34N2O5. The average molecular weight is 479 g/mol. The van der Waals surface area contributed by atoms with E-state index < -0.39 is 24.0 Å². The number of amides is 2. The SMILES string of the molecule is CCCCC(NC(=O)C(CNC(=O)OCC1c2ccccc2-c2ccccc21)C1CCC1)C(=O)O. The number of carboxylic acids is 1. The summed E-state index contributed by atoms with van der Waals surface area (Å²) in [5.74, 6) is -1.69. The molecule has 1 fully saturated rings. The van der Waals surface area contributed by atoms with E-state index in [1.165, 1.54) is 0 Å². The predicted octanol–water partition coefficient (Wildman–Crippen LogP) is 4.70. The van der Waals surface area contributed by atoms with Crippen molar-refractivity contribution in [3.63, 3.8) is 0 Å². The molecule has 2 aromatic rings. The number of fused-ring (bicyclic) bond motifs is 3. The van der Waals surface area contributed by atoms with E-state index in [9.17, 15) is 19.5 Å². The quantitative estimate of drug-likeness (QED) is 0.434. The maximum Gasteiger partial charge on any atom is 0.407 e. The van der Waals surface area contributed by atoms with Gasteiger partial charge in [0.2, 0.25) is 5.91 Å². The molecule has 7 nitrogen and oxygen atoms in total. The van der Waals surface area contributed by atoms with Gasteiger partial charge >= 0.3 is 12.1 Å². The Morgan fingerprint density at radius 1 is 1.03 bits per heavy atom. The van der Waals surface area contributed by atoms with E-state index in [0.29, 0.717) is 6.42 Å². The number of aliphatic carboxylic acids is 1. The van der Waals surface area contributed by atoms with Crippen molar-refractivity contribution in [1.29, 1.82) is 0 Å². The number of carbonyl (C=O) groups excluding carboxylic acids is 2. The van der Waals surface area contributed by atoms with Crippen LogP contribution >= 0.6 is 0 Å². The minimum atomic E-state index is -1.02. The third-order valence-electron chi connectivity index (χ3n) is 7.33. The fourth-order valence-corrected chi connectivity index (χ4v) is 5.10. The van der Waals surface area contributed by atoms with E-state index in [1.54, 1.807) is 0 Å². The van der Waals surface area contributed by atoms with Crippen LogP contribution in [0.5, 0.6) is 0 Å². The zero-order valence-electron chi connectivity index (χ0n) is 20.2. The minimum Gasteiger partial charge on any atom is -0.480 e.